The number of hydrogen-bond acceptors (Lipinski definition) is 4. The first-order valence-corrected chi connectivity index (χ1v) is 11.1. The number of urea groups is 1. The molecule has 1 saturated heterocycles. The van der Waals surface area contributed by atoms with Crippen LogP contribution in [0.15, 0.2) is 48.0 Å². The molecule has 4 rings (SSSR count). The Morgan fingerprint density at radius 1 is 0.943 bits per heavy atom. The maximum atomic E-state index is 13.3. The molecule has 8 nitrogen and oxygen atoms in total. The van der Waals surface area contributed by atoms with E-state index in [1.54, 1.807) is 37.3 Å². The molecule has 0 spiro atoms. The average Bonchev–Trinajstić information content (AvgIpc) is 3.02. The number of aryl methyl sites for hydroxylation is 3. The number of benzene rings is 2. The molecule has 0 unspecified atom stereocenters. The van der Waals surface area contributed by atoms with Crippen LogP contribution in [0, 0.1) is 27.7 Å². The van der Waals surface area contributed by atoms with Crippen LogP contribution in [-0.4, -0.2) is 33.5 Å². The number of imide groups is 2. The highest BCUT2D eigenvalue weighted by atomic mass is 35.5. The van der Waals surface area contributed by atoms with Gasteiger partial charge in [0.1, 0.15) is 5.57 Å². The van der Waals surface area contributed by atoms with Gasteiger partial charge in [0, 0.05) is 17.1 Å². The minimum atomic E-state index is -1.13. The second-order valence-electron chi connectivity index (χ2n) is 8.43. The van der Waals surface area contributed by atoms with E-state index in [-0.39, 0.29) is 16.2 Å². The van der Waals surface area contributed by atoms with E-state index in [4.69, 9.17) is 11.6 Å². The molecular weight excluding hydrogens is 470 g/mol. The van der Waals surface area contributed by atoms with Crippen LogP contribution in [-0.2, 0) is 9.59 Å². The van der Waals surface area contributed by atoms with Gasteiger partial charge >= 0.3 is 12.0 Å². The number of aromatic carboxylic acids is 1. The lowest BCUT2D eigenvalue weighted by molar-refractivity contribution is -0.122. The molecule has 1 aliphatic rings. The predicted octanol–water partition coefficient (Wildman–Crippen LogP) is 4.73. The number of rotatable bonds is 4. The van der Waals surface area contributed by atoms with Crippen molar-refractivity contribution in [3.8, 4) is 5.69 Å². The van der Waals surface area contributed by atoms with Crippen molar-refractivity contribution in [2.45, 2.75) is 27.7 Å². The summed E-state index contributed by atoms with van der Waals surface area (Å²) >= 11 is 6.15. The fourth-order valence-corrected chi connectivity index (χ4v) is 4.53. The maximum absolute atomic E-state index is 13.3. The number of hydrogen-bond donors (Lipinski definition) is 2. The summed E-state index contributed by atoms with van der Waals surface area (Å²) in [4.78, 5) is 50.7. The van der Waals surface area contributed by atoms with Crippen molar-refractivity contribution in [2.24, 2.45) is 0 Å². The van der Waals surface area contributed by atoms with Gasteiger partial charge in [-0.15, -0.1) is 0 Å². The largest absolute Gasteiger partial charge is 0.478 e. The van der Waals surface area contributed by atoms with Crippen molar-refractivity contribution in [1.29, 1.82) is 0 Å². The molecule has 0 bridgehead atoms. The molecular formula is C26H22ClN3O5. The lowest BCUT2D eigenvalue weighted by atomic mass is 10.1. The third-order valence-electron chi connectivity index (χ3n) is 5.78. The number of carbonyl (C=O) groups excluding carboxylic acids is 3. The average molecular weight is 492 g/mol. The minimum absolute atomic E-state index is 0.0131. The smallest absolute Gasteiger partial charge is 0.337 e. The molecule has 4 amide bonds. The van der Waals surface area contributed by atoms with Crippen LogP contribution in [0.4, 0.5) is 10.5 Å². The molecule has 1 aromatic heterocycles. The number of aromatic nitrogens is 1. The van der Waals surface area contributed by atoms with E-state index < -0.39 is 23.8 Å². The molecule has 2 aromatic carbocycles. The van der Waals surface area contributed by atoms with Crippen LogP contribution in [0.5, 0.6) is 0 Å². The normalized spacial score (nSPS) is 15.1. The minimum Gasteiger partial charge on any atom is -0.478 e. The Balaban J connectivity index is 1.77. The highest BCUT2D eigenvalue weighted by Gasteiger charge is 2.37. The molecule has 0 radical (unpaired) electrons. The zero-order valence-electron chi connectivity index (χ0n) is 19.5. The Morgan fingerprint density at radius 3 is 2.20 bits per heavy atom. The summed E-state index contributed by atoms with van der Waals surface area (Å²) < 4.78 is 1.84. The van der Waals surface area contributed by atoms with Gasteiger partial charge in [-0.25, -0.2) is 14.5 Å². The fraction of sp³-hybridized carbons (Fsp3) is 0.154. The third kappa shape index (κ3) is 4.36. The van der Waals surface area contributed by atoms with Crippen LogP contribution in [0.1, 0.15) is 38.4 Å². The van der Waals surface area contributed by atoms with Crippen molar-refractivity contribution < 1.29 is 24.3 Å². The molecule has 178 valence electrons. The summed E-state index contributed by atoms with van der Waals surface area (Å²) in [6.07, 6.45) is 1.45. The van der Waals surface area contributed by atoms with Gasteiger partial charge in [0.25, 0.3) is 11.8 Å². The van der Waals surface area contributed by atoms with Crippen LogP contribution < -0.4 is 10.2 Å². The first-order chi connectivity index (χ1) is 16.5. The molecule has 3 aromatic rings. The van der Waals surface area contributed by atoms with Gasteiger partial charge in [-0.1, -0.05) is 17.7 Å². The summed E-state index contributed by atoms with van der Waals surface area (Å²) in [7, 11) is 0. The molecule has 9 heteroatoms. The molecule has 1 aliphatic heterocycles. The van der Waals surface area contributed by atoms with Gasteiger partial charge < -0.3 is 9.67 Å². The quantitative estimate of drug-likeness (QED) is 0.405. The predicted molar refractivity (Wildman–Crippen MR) is 132 cm³/mol. The van der Waals surface area contributed by atoms with Crippen molar-refractivity contribution in [3.05, 3.63) is 86.7 Å². The van der Waals surface area contributed by atoms with E-state index in [2.05, 4.69) is 5.32 Å². The Labute approximate surface area is 206 Å². The van der Waals surface area contributed by atoms with Crippen molar-refractivity contribution >= 4 is 47.2 Å². The third-order valence-corrected chi connectivity index (χ3v) is 6.09. The second-order valence-corrected chi connectivity index (χ2v) is 8.84. The van der Waals surface area contributed by atoms with Gasteiger partial charge in [0.15, 0.2) is 0 Å². The second kappa shape index (κ2) is 8.88. The molecule has 2 heterocycles. The summed E-state index contributed by atoms with van der Waals surface area (Å²) in [6.45, 7) is 7.35. The topological polar surface area (TPSA) is 109 Å². The summed E-state index contributed by atoms with van der Waals surface area (Å²) in [5.41, 5.74) is 4.63. The molecule has 35 heavy (non-hydrogen) atoms. The van der Waals surface area contributed by atoms with Crippen molar-refractivity contribution in [3.63, 3.8) is 0 Å². The Bertz CT molecular complexity index is 1450. The van der Waals surface area contributed by atoms with E-state index in [1.165, 1.54) is 12.1 Å². The highest BCUT2D eigenvalue weighted by molar-refractivity contribution is 6.39. The Morgan fingerprint density at radius 2 is 1.60 bits per heavy atom. The van der Waals surface area contributed by atoms with Gasteiger partial charge in [-0.3, -0.25) is 14.9 Å². The van der Waals surface area contributed by atoms with Crippen molar-refractivity contribution in [1.82, 2.24) is 9.88 Å². The fourth-order valence-electron chi connectivity index (χ4n) is 4.27. The summed E-state index contributed by atoms with van der Waals surface area (Å²) in [5.74, 6) is -2.63. The van der Waals surface area contributed by atoms with E-state index in [1.807, 2.05) is 31.4 Å². The number of carboxylic acids is 1. The SMILES string of the molecule is Cc1cc(C)cc(N2C(=O)NC(=O)/C(=C\c3cc(C)n(-c4ccc(C(=O)O)c(Cl)c4)c3C)C2=O)c1. The number of carbonyl (C=O) groups is 4. The summed E-state index contributed by atoms with van der Waals surface area (Å²) in [5, 5.41) is 11.6. The zero-order valence-corrected chi connectivity index (χ0v) is 20.2. The van der Waals surface area contributed by atoms with Crippen molar-refractivity contribution in [2.75, 3.05) is 4.90 Å². The summed E-state index contributed by atoms with van der Waals surface area (Å²) in [6, 6.07) is 10.9. The van der Waals surface area contributed by atoms with E-state index in [9.17, 15) is 24.3 Å². The molecule has 0 atom stereocenters. The van der Waals surface area contributed by atoms with Gasteiger partial charge in [0.05, 0.1) is 16.3 Å². The van der Waals surface area contributed by atoms with Crippen LogP contribution in [0.25, 0.3) is 11.8 Å². The number of nitrogens with zero attached hydrogens (tertiary/aromatic N) is 2. The van der Waals surface area contributed by atoms with E-state index in [0.29, 0.717) is 22.6 Å². The molecule has 0 aliphatic carbocycles. The number of carboxylic acid groups (broad SMARTS) is 1. The van der Waals surface area contributed by atoms with Gasteiger partial charge in [-0.05, 0) is 86.9 Å². The first-order valence-electron chi connectivity index (χ1n) is 10.7. The number of amides is 4. The first kappa shape index (κ1) is 24.0. The standard InChI is InChI=1S/C26H22ClN3O5/c1-13-7-14(2)9-19(8-13)30-24(32)21(23(31)28-26(30)35)11-17-10-15(3)29(16(17)4)18-5-6-20(25(33)34)22(27)12-18/h5-12H,1-4H3,(H,33,34)(H,28,31,35)/b21-11+. The van der Waals surface area contributed by atoms with Crippen LogP contribution >= 0.6 is 11.6 Å². The zero-order chi connectivity index (χ0) is 25.6. The Hall–Kier alpha value is -4.17. The van der Waals surface area contributed by atoms with E-state index in [0.717, 1.165) is 21.7 Å². The van der Waals surface area contributed by atoms with E-state index >= 15 is 0 Å². The lowest BCUT2D eigenvalue weighted by Gasteiger charge is -2.27. The highest BCUT2D eigenvalue weighted by Crippen LogP contribution is 2.28. The number of barbiturate groups is 1. The lowest BCUT2D eigenvalue weighted by Crippen LogP contribution is -2.54. The number of anilines is 1. The van der Waals surface area contributed by atoms with Crippen LogP contribution in [0.3, 0.4) is 0 Å². The molecule has 2 N–H and O–H groups in total. The molecule has 0 saturated carbocycles. The monoisotopic (exact) mass is 491 g/mol. The van der Waals surface area contributed by atoms with Gasteiger partial charge in [-0.2, -0.15) is 0 Å². The van der Waals surface area contributed by atoms with Gasteiger partial charge in [0.2, 0.25) is 0 Å². The van der Waals surface area contributed by atoms with Crippen LogP contribution in [0.2, 0.25) is 5.02 Å². The number of halogens is 1. The number of nitrogens with one attached hydrogen (secondary N) is 1. The maximum Gasteiger partial charge on any atom is 0.337 e. The molecule has 1 fully saturated rings. The Kier molecular flexibility index (Phi) is 6.08.